The van der Waals surface area contributed by atoms with Gasteiger partial charge >= 0.3 is 0 Å². The molecule has 4 rings (SSSR count). The molecule has 0 bridgehead atoms. The average Bonchev–Trinajstić information content (AvgIpc) is 2.69. The van der Waals surface area contributed by atoms with E-state index in [0.717, 1.165) is 37.7 Å². The molecule has 2 aromatic carbocycles. The lowest BCUT2D eigenvalue weighted by molar-refractivity contribution is 0.269. The maximum Gasteiger partial charge on any atom is 0.123 e. The minimum atomic E-state index is -0.145. The number of hydrogen-bond acceptors (Lipinski definition) is 3. The third-order valence-corrected chi connectivity index (χ3v) is 6.70. The fourth-order valence-electron chi connectivity index (χ4n) is 4.21. The first-order chi connectivity index (χ1) is 13.2. The lowest BCUT2D eigenvalue weighted by Gasteiger charge is -2.24. The number of hydrogen-bond donors (Lipinski definition) is 2. The van der Waals surface area contributed by atoms with Crippen LogP contribution in [-0.4, -0.2) is 29.2 Å². The Morgan fingerprint density at radius 1 is 0.926 bits per heavy atom. The van der Waals surface area contributed by atoms with E-state index in [1.807, 2.05) is 17.8 Å². The van der Waals surface area contributed by atoms with Crippen LogP contribution in [0.5, 0.6) is 0 Å². The highest BCUT2D eigenvalue weighted by atomic mass is 32.2. The van der Waals surface area contributed by atoms with Gasteiger partial charge in [-0.25, -0.2) is 4.39 Å². The van der Waals surface area contributed by atoms with Gasteiger partial charge in [0.2, 0.25) is 0 Å². The topological polar surface area (TPSA) is 40.5 Å². The zero-order valence-corrected chi connectivity index (χ0v) is 16.6. The molecule has 1 aliphatic carbocycles. The van der Waals surface area contributed by atoms with Crippen LogP contribution in [0, 0.1) is 5.82 Å². The molecule has 2 atom stereocenters. The first-order valence-electron chi connectivity index (χ1n) is 9.94. The predicted molar refractivity (Wildman–Crippen MR) is 110 cm³/mol. The van der Waals surface area contributed by atoms with Gasteiger partial charge in [0, 0.05) is 18.1 Å². The molecule has 0 saturated heterocycles. The van der Waals surface area contributed by atoms with E-state index in [9.17, 15) is 4.39 Å². The van der Waals surface area contributed by atoms with Crippen molar-refractivity contribution in [2.45, 2.75) is 55.3 Å². The zero-order valence-electron chi connectivity index (χ0n) is 15.7. The Labute approximate surface area is 165 Å². The van der Waals surface area contributed by atoms with Crippen LogP contribution in [0.15, 0.2) is 47.4 Å². The number of aliphatic hydroxyl groups is 2. The van der Waals surface area contributed by atoms with Crippen LogP contribution < -0.4 is 0 Å². The van der Waals surface area contributed by atoms with Gasteiger partial charge in [0.25, 0.3) is 0 Å². The summed E-state index contributed by atoms with van der Waals surface area (Å²) in [5.74, 6) is 2.07. The van der Waals surface area contributed by atoms with Crippen molar-refractivity contribution < 1.29 is 14.6 Å². The molecule has 0 radical (unpaired) electrons. The third kappa shape index (κ3) is 5.34. The molecule has 27 heavy (non-hydrogen) atoms. The highest BCUT2D eigenvalue weighted by Gasteiger charge is 2.20. The van der Waals surface area contributed by atoms with Crippen LogP contribution in [0.3, 0.4) is 0 Å². The van der Waals surface area contributed by atoms with Gasteiger partial charge in [-0.1, -0.05) is 24.3 Å². The van der Waals surface area contributed by atoms with Gasteiger partial charge < -0.3 is 10.2 Å². The average molecular weight is 389 g/mol. The monoisotopic (exact) mass is 388 g/mol. The number of fused-ring (bicyclic) bond motifs is 2. The highest BCUT2D eigenvalue weighted by Crippen LogP contribution is 2.38. The fourth-order valence-corrected chi connectivity index (χ4v) is 5.41. The van der Waals surface area contributed by atoms with Crippen LogP contribution in [0.25, 0.3) is 0 Å². The van der Waals surface area contributed by atoms with Crippen molar-refractivity contribution in [3.05, 3.63) is 65.0 Å². The van der Waals surface area contributed by atoms with Crippen molar-refractivity contribution in [1.82, 2.24) is 0 Å². The van der Waals surface area contributed by atoms with Crippen molar-refractivity contribution in [2.75, 3.05) is 19.0 Å². The Bertz CT molecular complexity index is 734. The maximum atomic E-state index is 13.0. The lowest BCUT2D eigenvalue weighted by Crippen LogP contribution is -2.11. The second kappa shape index (κ2) is 10.3. The van der Waals surface area contributed by atoms with Crippen LogP contribution in [-0.2, 0) is 6.42 Å². The van der Waals surface area contributed by atoms with E-state index in [-0.39, 0.29) is 12.4 Å². The van der Waals surface area contributed by atoms with Gasteiger partial charge in [-0.3, -0.25) is 0 Å². The van der Waals surface area contributed by atoms with Crippen LogP contribution in [0.2, 0.25) is 0 Å². The summed E-state index contributed by atoms with van der Waals surface area (Å²) in [6.45, 7) is 0.533. The summed E-state index contributed by atoms with van der Waals surface area (Å²) in [7, 11) is 0. The van der Waals surface area contributed by atoms with Gasteiger partial charge in [-0.2, -0.15) is 0 Å². The molecule has 146 valence electrons. The summed E-state index contributed by atoms with van der Waals surface area (Å²) in [5.41, 5.74) is 3.81. The normalized spacial score (nSPS) is 20.9. The second-order valence-corrected chi connectivity index (χ2v) is 8.47. The molecule has 0 amide bonds. The summed E-state index contributed by atoms with van der Waals surface area (Å²) >= 11 is 1.94. The van der Waals surface area contributed by atoms with E-state index in [0.29, 0.717) is 18.4 Å². The fraction of sp³-hybridized carbons (Fsp3) is 0.478. The minimum absolute atomic E-state index is 0.145. The molecule has 0 aromatic heterocycles. The summed E-state index contributed by atoms with van der Waals surface area (Å²) in [6.07, 6.45) is 6.15. The Morgan fingerprint density at radius 2 is 1.67 bits per heavy atom. The van der Waals surface area contributed by atoms with Gasteiger partial charge in [-0.05, 0) is 91.0 Å². The van der Waals surface area contributed by atoms with Crippen molar-refractivity contribution >= 4 is 11.8 Å². The van der Waals surface area contributed by atoms with Gasteiger partial charge in [0.05, 0.1) is 0 Å². The van der Waals surface area contributed by atoms with Gasteiger partial charge in [0.15, 0.2) is 0 Å². The second-order valence-electron chi connectivity index (χ2n) is 7.33. The quantitative estimate of drug-likeness (QED) is 0.749. The van der Waals surface area contributed by atoms with Crippen molar-refractivity contribution in [3.8, 4) is 0 Å². The Hall–Kier alpha value is -1.36. The lowest BCUT2D eigenvalue weighted by atomic mass is 9.81. The van der Waals surface area contributed by atoms with Crippen molar-refractivity contribution in [3.63, 3.8) is 0 Å². The molecule has 2 N–H and O–H groups in total. The molecule has 0 saturated carbocycles. The Kier molecular flexibility index (Phi) is 7.74. The van der Waals surface area contributed by atoms with E-state index in [1.54, 1.807) is 6.07 Å². The number of aryl methyl sites for hydroxylation is 1. The van der Waals surface area contributed by atoms with E-state index < -0.39 is 0 Å². The summed E-state index contributed by atoms with van der Waals surface area (Å²) < 4.78 is 13.0. The summed E-state index contributed by atoms with van der Waals surface area (Å²) in [6, 6.07) is 13.6. The van der Waals surface area contributed by atoms with Gasteiger partial charge in [0.1, 0.15) is 5.82 Å². The SMILES string of the molecule is OCCC1CCCc2cc(F)ccc21.OCCC1CCSc2ccccc21. The molecule has 2 aromatic rings. The molecule has 0 spiro atoms. The van der Waals surface area contributed by atoms with Crippen LogP contribution in [0.4, 0.5) is 4.39 Å². The molecule has 1 heterocycles. The smallest absolute Gasteiger partial charge is 0.123 e. The van der Waals surface area contributed by atoms with Crippen LogP contribution in [0.1, 0.15) is 60.6 Å². The van der Waals surface area contributed by atoms with Crippen LogP contribution >= 0.6 is 11.8 Å². The Morgan fingerprint density at radius 3 is 2.44 bits per heavy atom. The zero-order chi connectivity index (χ0) is 19.1. The minimum Gasteiger partial charge on any atom is -0.396 e. The number of thioether (sulfide) groups is 1. The summed E-state index contributed by atoms with van der Waals surface area (Å²) in [4.78, 5) is 1.41. The largest absolute Gasteiger partial charge is 0.396 e. The van der Waals surface area contributed by atoms with E-state index >= 15 is 0 Å². The molecule has 4 heteroatoms. The number of halogens is 1. The number of rotatable bonds is 4. The van der Waals surface area contributed by atoms with E-state index in [1.165, 1.54) is 34.3 Å². The first kappa shape index (κ1) is 20.4. The molecule has 2 nitrogen and oxygen atoms in total. The molecular formula is C23H29FO2S. The van der Waals surface area contributed by atoms with E-state index in [2.05, 4.69) is 24.3 Å². The third-order valence-electron chi connectivity index (χ3n) is 5.58. The van der Waals surface area contributed by atoms with E-state index in [4.69, 9.17) is 10.2 Å². The van der Waals surface area contributed by atoms with Crippen molar-refractivity contribution in [2.24, 2.45) is 0 Å². The molecular weight excluding hydrogens is 359 g/mol. The molecule has 2 aliphatic rings. The highest BCUT2D eigenvalue weighted by molar-refractivity contribution is 7.99. The molecule has 1 aliphatic heterocycles. The Balaban J connectivity index is 0.000000156. The molecule has 2 unspecified atom stereocenters. The first-order valence-corrected chi connectivity index (χ1v) is 10.9. The molecule has 0 fully saturated rings. The standard InChI is InChI=1S/C12H15FO.C11H14OS/c13-11-4-5-12-9(6-7-14)2-1-3-10(12)8-11;12-7-5-9-6-8-13-11-4-2-1-3-10(9)11/h4-5,8-9,14H,1-3,6-7H2;1-4,9,12H,5-8H2. The van der Waals surface area contributed by atoms with Crippen molar-refractivity contribution in [1.29, 1.82) is 0 Å². The number of aliphatic hydroxyl groups excluding tert-OH is 2. The number of benzene rings is 2. The van der Waals surface area contributed by atoms with Gasteiger partial charge in [-0.15, -0.1) is 11.8 Å². The predicted octanol–water partition coefficient (Wildman–Crippen LogP) is 5.28. The summed E-state index contributed by atoms with van der Waals surface area (Å²) in [5, 5.41) is 17.9. The maximum absolute atomic E-state index is 13.0.